The molecule has 0 bridgehead atoms. The molecular weight excluding hydrogens is 264 g/mol. The summed E-state index contributed by atoms with van der Waals surface area (Å²) in [6.07, 6.45) is 3.65. The van der Waals surface area contributed by atoms with Crippen molar-refractivity contribution in [2.24, 2.45) is 5.92 Å². The van der Waals surface area contributed by atoms with Crippen molar-refractivity contribution in [3.8, 4) is 16.9 Å². The van der Waals surface area contributed by atoms with E-state index in [1.165, 1.54) is 12.8 Å². The summed E-state index contributed by atoms with van der Waals surface area (Å²) < 4.78 is 10.7. The van der Waals surface area contributed by atoms with E-state index in [2.05, 4.69) is 18.1 Å². The van der Waals surface area contributed by atoms with Crippen molar-refractivity contribution < 1.29 is 9.26 Å². The van der Waals surface area contributed by atoms with Crippen LogP contribution >= 0.6 is 0 Å². The van der Waals surface area contributed by atoms with Crippen LogP contribution in [-0.4, -0.2) is 12.3 Å². The standard InChI is InChI=1S/C17H22N2O2/c1-10-5-4-6-13(10)16-15(17(18)21-19-16)12-8-7-11(2)14(9-12)20-3/h7-10,13H,4-6,18H2,1-3H3. The molecule has 1 heterocycles. The van der Waals surface area contributed by atoms with E-state index in [4.69, 9.17) is 15.0 Å². The van der Waals surface area contributed by atoms with Crippen LogP contribution < -0.4 is 10.5 Å². The first kappa shape index (κ1) is 14.0. The van der Waals surface area contributed by atoms with Crippen LogP contribution in [0.2, 0.25) is 0 Å². The number of rotatable bonds is 3. The van der Waals surface area contributed by atoms with Crippen LogP contribution in [-0.2, 0) is 0 Å². The Hall–Kier alpha value is -1.97. The molecule has 21 heavy (non-hydrogen) atoms. The Morgan fingerprint density at radius 3 is 2.81 bits per heavy atom. The number of aryl methyl sites for hydroxylation is 1. The normalized spacial score (nSPS) is 21.7. The highest BCUT2D eigenvalue weighted by atomic mass is 16.5. The summed E-state index contributed by atoms with van der Waals surface area (Å²) in [6.45, 7) is 4.31. The topological polar surface area (TPSA) is 61.3 Å². The fourth-order valence-electron chi connectivity index (χ4n) is 3.39. The fraction of sp³-hybridized carbons (Fsp3) is 0.471. The zero-order valence-electron chi connectivity index (χ0n) is 12.8. The third kappa shape index (κ3) is 2.39. The van der Waals surface area contributed by atoms with Gasteiger partial charge in [-0.2, -0.15) is 0 Å². The molecule has 0 saturated heterocycles. The van der Waals surface area contributed by atoms with Gasteiger partial charge in [0.1, 0.15) is 5.75 Å². The fourth-order valence-corrected chi connectivity index (χ4v) is 3.39. The molecule has 1 aromatic heterocycles. The average molecular weight is 286 g/mol. The number of benzene rings is 1. The number of anilines is 1. The maximum Gasteiger partial charge on any atom is 0.230 e. The van der Waals surface area contributed by atoms with Gasteiger partial charge in [0, 0.05) is 5.92 Å². The maximum atomic E-state index is 6.05. The van der Waals surface area contributed by atoms with Crippen LogP contribution in [0.25, 0.3) is 11.1 Å². The van der Waals surface area contributed by atoms with Crippen molar-refractivity contribution in [1.29, 1.82) is 0 Å². The van der Waals surface area contributed by atoms with Crippen LogP contribution in [0.3, 0.4) is 0 Å². The summed E-state index contributed by atoms with van der Waals surface area (Å²) in [5.41, 5.74) is 10.1. The smallest absolute Gasteiger partial charge is 0.230 e. The van der Waals surface area contributed by atoms with Crippen LogP contribution in [0.5, 0.6) is 5.75 Å². The van der Waals surface area contributed by atoms with E-state index in [1.807, 2.05) is 19.1 Å². The second-order valence-electron chi connectivity index (χ2n) is 6.01. The number of aromatic nitrogens is 1. The monoisotopic (exact) mass is 286 g/mol. The van der Waals surface area contributed by atoms with E-state index < -0.39 is 0 Å². The van der Waals surface area contributed by atoms with Crippen LogP contribution in [0.1, 0.15) is 43.4 Å². The second-order valence-corrected chi connectivity index (χ2v) is 6.01. The molecule has 1 aliphatic carbocycles. The van der Waals surface area contributed by atoms with E-state index in [0.717, 1.165) is 34.6 Å². The molecule has 0 aliphatic heterocycles. The summed E-state index contributed by atoms with van der Waals surface area (Å²) in [4.78, 5) is 0. The summed E-state index contributed by atoms with van der Waals surface area (Å²) in [5.74, 6) is 2.32. The minimum atomic E-state index is 0.398. The number of nitrogen functional groups attached to an aromatic ring is 1. The first-order valence-electron chi connectivity index (χ1n) is 7.52. The SMILES string of the molecule is COc1cc(-c2c(C3CCCC3C)noc2N)ccc1C. The third-order valence-corrected chi connectivity index (χ3v) is 4.65. The van der Waals surface area contributed by atoms with E-state index >= 15 is 0 Å². The largest absolute Gasteiger partial charge is 0.496 e. The van der Waals surface area contributed by atoms with Crippen molar-refractivity contribution >= 4 is 5.88 Å². The predicted molar refractivity (Wildman–Crippen MR) is 83.4 cm³/mol. The van der Waals surface area contributed by atoms with E-state index in [9.17, 15) is 0 Å². The number of nitrogens with two attached hydrogens (primary N) is 1. The van der Waals surface area contributed by atoms with Crippen molar-refractivity contribution in [2.75, 3.05) is 12.8 Å². The molecule has 0 radical (unpaired) electrons. The lowest BCUT2D eigenvalue weighted by Gasteiger charge is -2.14. The Labute approximate surface area is 125 Å². The highest BCUT2D eigenvalue weighted by molar-refractivity contribution is 5.77. The minimum Gasteiger partial charge on any atom is -0.496 e. The molecule has 2 unspecified atom stereocenters. The van der Waals surface area contributed by atoms with Gasteiger partial charge in [0.05, 0.1) is 18.4 Å². The van der Waals surface area contributed by atoms with Gasteiger partial charge in [0.2, 0.25) is 5.88 Å². The maximum absolute atomic E-state index is 6.05. The average Bonchev–Trinajstić information content (AvgIpc) is 3.05. The quantitative estimate of drug-likeness (QED) is 0.921. The third-order valence-electron chi connectivity index (χ3n) is 4.65. The molecule has 0 amide bonds. The van der Waals surface area contributed by atoms with Crippen molar-refractivity contribution in [2.45, 2.75) is 39.0 Å². The van der Waals surface area contributed by atoms with Gasteiger partial charge >= 0.3 is 0 Å². The molecule has 2 N–H and O–H groups in total. The van der Waals surface area contributed by atoms with E-state index in [0.29, 0.717) is 17.7 Å². The van der Waals surface area contributed by atoms with Crippen LogP contribution in [0.15, 0.2) is 22.7 Å². The van der Waals surface area contributed by atoms with Gasteiger partial charge in [-0.05, 0) is 36.5 Å². The number of hydrogen-bond acceptors (Lipinski definition) is 4. The molecule has 4 nitrogen and oxygen atoms in total. The molecule has 0 spiro atoms. The number of hydrogen-bond donors (Lipinski definition) is 1. The highest BCUT2D eigenvalue weighted by Gasteiger charge is 2.31. The molecule has 3 rings (SSSR count). The van der Waals surface area contributed by atoms with Crippen molar-refractivity contribution in [1.82, 2.24) is 5.16 Å². The molecule has 112 valence electrons. The summed E-state index contributed by atoms with van der Waals surface area (Å²) in [6, 6.07) is 6.12. The molecule has 1 aliphatic rings. The zero-order valence-corrected chi connectivity index (χ0v) is 12.8. The zero-order chi connectivity index (χ0) is 15.0. The first-order valence-corrected chi connectivity index (χ1v) is 7.52. The Kier molecular flexibility index (Phi) is 3.62. The molecule has 1 fully saturated rings. The molecule has 1 aromatic carbocycles. The second kappa shape index (κ2) is 5.43. The molecule has 2 atom stereocenters. The predicted octanol–water partition coefficient (Wildman–Crippen LogP) is 4.14. The van der Waals surface area contributed by atoms with E-state index in [1.54, 1.807) is 7.11 Å². The van der Waals surface area contributed by atoms with Gasteiger partial charge in [-0.3, -0.25) is 0 Å². The van der Waals surface area contributed by atoms with Crippen molar-refractivity contribution in [3.05, 3.63) is 29.5 Å². The number of ether oxygens (including phenoxy) is 1. The number of methoxy groups -OCH3 is 1. The Bertz CT molecular complexity index is 648. The molecule has 1 saturated carbocycles. The summed E-state index contributed by atoms with van der Waals surface area (Å²) in [7, 11) is 1.68. The van der Waals surface area contributed by atoms with Gasteiger partial charge in [-0.25, -0.2) is 0 Å². The van der Waals surface area contributed by atoms with Gasteiger partial charge in [0.15, 0.2) is 0 Å². The van der Waals surface area contributed by atoms with Gasteiger partial charge in [0.25, 0.3) is 0 Å². The Morgan fingerprint density at radius 1 is 1.33 bits per heavy atom. The molecule has 2 aromatic rings. The van der Waals surface area contributed by atoms with Crippen LogP contribution in [0.4, 0.5) is 5.88 Å². The lowest BCUT2D eigenvalue weighted by molar-refractivity contribution is 0.407. The van der Waals surface area contributed by atoms with Gasteiger partial charge in [-0.15, -0.1) is 0 Å². The Morgan fingerprint density at radius 2 is 2.14 bits per heavy atom. The summed E-state index contributed by atoms with van der Waals surface area (Å²) in [5, 5.41) is 4.26. The molecular formula is C17H22N2O2. The minimum absolute atomic E-state index is 0.398. The van der Waals surface area contributed by atoms with Gasteiger partial charge in [-0.1, -0.05) is 37.1 Å². The Balaban J connectivity index is 2.08. The van der Waals surface area contributed by atoms with E-state index in [-0.39, 0.29) is 0 Å². The molecule has 4 heteroatoms. The lowest BCUT2D eigenvalue weighted by Crippen LogP contribution is -2.04. The highest BCUT2D eigenvalue weighted by Crippen LogP contribution is 2.44. The summed E-state index contributed by atoms with van der Waals surface area (Å²) >= 11 is 0. The lowest BCUT2D eigenvalue weighted by atomic mass is 9.89. The van der Waals surface area contributed by atoms with Crippen LogP contribution in [0, 0.1) is 12.8 Å². The first-order chi connectivity index (χ1) is 10.1. The van der Waals surface area contributed by atoms with Gasteiger partial charge < -0.3 is 15.0 Å². The van der Waals surface area contributed by atoms with Crippen molar-refractivity contribution in [3.63, 3.8) is 0 Å². The number of nitrogens with zero attached hydrogens (tertiary/aromatic N) is 1.